The number of pyridine rings is 1. The molecule has 24 heavy (non-hydrogen) atoms. The van der Waals surface area contributed by atoms with Crippen LogP contribution in [0.3, 0.4) is 0 Å². The monoisotopic (exact) mass is 325 g/mol. The molecule has 1 aromatic heterocycles. The molecule has 3 rings (SSSR count). The lowest BCUT2D eigenvalue weighted by molar-refractivity contribution is -0.125. The van der Waals surface area contributed by atoms with Gasteiger partial charge in [-0.05, 0) is 43.3 Å². The molecule has 0 bridgehead atoms. The molecule has 0 N–H and O–H groups in total. The maximum absolute atomic E-state index is 12.7. The van der Waals surface area contributed by atoms with Gasteiger partial charge in [0.1, 0.15) is 5.75 Å². The SMILES string of the molecule is COc1ccc(N2CCN(CCc3ccccn3)[C@H](C)C2=O)cc1. The number of carbonyl (C=O) groups is 1. The summed E-state index contributed by atoms with van der Waals surface area (Å²) in [6.07, 6.45) is 2.67. The van der Waals surface area contributed by atoms with Gasteiger partial charge in [-0.1, -0.05) is 6.07 Å². The second-order valence-electron chi connectivity index (χ2n) is 5.97. The van der Waals surface area contributed by atoms with E-state index in [0.717, 1.165) is 36.6 Å². The van der Waals surface area contributed by atoms with Crippen LogP contribution in [0.25, 0.3) is 0 Å². The summed E-state index contributed by atoms with van der Waals surface area (Å²) in [5.74, 6) is 0.945. The van der Waals surface area contributed by atoms with E-state index in [1.165, 1.54) is 0 Å². The van der Waals surface area contributed by atoms with Crippen LogP contribution in [0.2, 0.25) is 0 Å². The summed E-state index contributed by atoms with van der Waals surface area (Å²) >= 11 is 0. The lowest BCUT2D eigenvalue weighted by atomic mass is 10.1. The third-order valence-corrected chi connectivity index (χ3v) is 4.55. The maximum Gasteiger partial charge on any atom is 0.244 e. The van der Waals surface area contributed by atoms with Crippen LogP contribution in [-0.4, -0.2) is 48.6 Å². The van der Waals surface area contributed by atoms with Gasteiger partial charge in [0.05, 0.1) is 13.2 Å². The van der Waals surface area contributed by atoms with Gasteiger partial charge in [0.2, 0.25) is 5.91 Å². The second kappa shape index (κ2) is 7.45. The molecule has 126 valence electrons. The van der Waals surface area contributed by atoms with Gasteiger partial charge in [-0.3, -0.25) is 14.7 Å². The molecule has 5 nitrogen and oxygen atoms in total. The molecule has 1 aliphatic rings. The molecule has 1 atom stereocenters. The number of hydrogen-bond donors (Lipinski definition) is 0. The number of hydrogen-bond acceptors (Lipinski definition) is 4. The van der Waals surface area contributed by atoms with Crippen molar-refractivity contribution in [2.24, 2.45) is 0 Å². The quantitative estimate of drug-likeness (QED) is 0.847. The molecule has 1 fully saturated rings. The normalized spacial score (nSPS) is 18.7. The molecular weight excluding hydrogens is 302 g/mol. The zero-order valence-corrected chi connectivity index (χ0v) is 14.2. The van der Waals surface area contributed by atoms with E-state index in [0.29, 0.717) is 6.54 Å². The fourth-order valence-corrected chi connectivity index (χ4v) is 3.04. The average molecular weight is 325 g/mol. The minimum atomic E-state index is -0.121. The number of rotatable bonds is 5. The third-order valence-electron chi connectivity index (χ3n) is 4.55. The highest BCUT2D eigenvalue weighted by Gasteiger charge is 2.31. The van der Waals surface area contributed by atoms with Gasteiger partial charge in [0, 0.05) is 43.6 Å². The Hall–Kier alpha value is -2.40. The first kappa shape index (κ1) is 16.5. The van der Waals surface area contributed by atoms with Crippen LogP contribution in [0.15, 0.2) is 48.7 Å². The summed E-state index contributed by atoms with van der Waals surface area (Å²) in [5, 5.41) is 0. The zero-order chi connectivity index (χ0) is 16.9. The molecule has 2 aromatic rings. The number of ether oxygens (including phenoxy) is 1. The van der Waals surface area contributed by atoms with Crippen molar-refractivity contribution >= 4 is 11.6 Å². The summed E-state index contributed by atoms with van der Waals surface area (Å²) in [7, 11) is 1.64. The van der Waals surface area contributed by atoms with Crippen LogP contribution in [0.1, 0.15) is 12.6 Å². The van der Waals surface area contributed by atoms with E-state index in [1.54, 1.807) is 7.11 Å². The zero-order valence-electron chi connectivity index (χ0n) is 14.2. The molecule has 2 heterocycles. The highest BCUT2D eigenvalue weighted by molar-refractivity contribution is 5.97. The van der Waals surface area contributed by atoms with Crippen molar-refractivity contribution in [1.82, 2.24) is 9.88 Å². The van der Waals surface area contributed by atoms with Crippen LogP contribution in [0.4, 0.5) is 5.69 Å². The summed E-state index contributed by atoms with van der Waals surface area (Å²) in [6.45, 7) is 4.40. The van der Waals surface area contributed by atoms with Crippen molar-refractivity contribution in [2.45, 2.75) is 19.4 Å². The predicted molar refractivity (Wildman–Crippen MR) is 94.3 cm³/mol. The van der Waals surface area contributed by atoms with Crippen molar-refractivity contribution in [3.05, 3.63) is 54.4 Å². The van der Waals surface area contributed by atoms with E-state index in [2.05, 4.69) is 9.88 Å². The summed E-state index contributed by atoms with van der Waals surface area (Å²) in [4.78, 5) is 21.2. The second-order valence-corrected chi connectivity index (χ2v) is 5.97. The Morgan fingerprint density at radius 1 is 1.17 bits per heavy atom. The molecule has 0 aliphatic carbocycles. The molecule has 5 heteroatoms. The van der Waals surface area contributed by atoms with Crippen LogP contribution >= 0.6 is 0 Å². The van der Waals surface area contributed by atoms with Crippen molar-refractivity contribution in [1.29, 1.82) is 0 Å². The van der Waals surface area contributed by atoms with Gasteiger partial charge in [0.15, 0.2) is 0 Å². The number of aromatic nitrogens is 1. The Labute approximate surface area is 142 Å². The minimum Gasteiger partial charge on any atom is -0.497 e. The first-order valence-corrected chi connectivity index (χ1v) is 8.28. The van der Waals surface area contributed by atoms with E-state index in [4.69, 9.17) is 4.74 Å². The van der Waals surface area contributed by atoms with E-state index in [1.807, 2.05) is 60.5 Å². The molecule has 0 unspecified atom stereocenters. The largest absolute Gasteiger partial charge is 0.497 e. The summed E-state index contributed by atoms with van der Waals surface area (Å²) < 4.78 is 5.18. The van der Waals surface area contributed by atoms with Crippen LogP contribution < -0.4 is 9.64 Å². The van der Waals surface area contributed by atoms with Crippen molar-refractivity contribution in [3.8, 4) is 5.75 Å². The number of nitrogens with zero attached hydrogens (tertiary/aromatic N) is 3. The Balaban J connectivity index is 1.62. The Morgan fingerprint density at radius 2 is 1.96 bits per heavy atom. The predicted octanol–water partition coefficient (Wildman–Crippen LogP) is 2.37. The summed E-state index contributed by atoms with van der Waals surface area (Å²) in [6, 6.07) is 13.5. The highest BCUT2D eigenvalue weighted by Crippen LogP contribution is 2.23. The fourth-order valence-electron chi connectivity index (χ4n) is 3.04. The van der Waals surface area contributed by atoms with Crippen molar-refractivity contribution in [3.63, 3.8) is 0 Å². The fraction of sp³-hybridized carbons (Fsp3) is 0.368. The minimum absolute atomic E-state index is 0.121. The molecule has 1 saturated heterocycles. The van der Waals surface area contributed by atoms with Gasteiger partial charge in [-0.25, -0.2) is 0 Å². The average Bonchev–Trinajstić information content (AvgIpc) is 2.64. The Bertz CT molecular complexity index is 673. The molecule has 0 radical (unpaired) electrons. The topological polar surface area (TPSA) is 45.7 Å². The summed E-state index contributed by atoms with van der Waals surface area (Å²) in [5.41, 5.74) is 1.99. The van der Waals surface area contributed by atoms with Gasteiger partial charge >= 0.3 is 0 Å². The number of carbonyl (C=O) groups excluding carboxylic acids is 1. The van der Waals surface area contributed by atoms with Crippen molar-refractivity contribution < 1.29 is 9.53 Å². The van der Waals surface area contributed by atoms with Crippen molar-refractivity contribution in [2.75, 3.05) is 31.6 Å². The van der Waals surface area contributed by atoms with E-state index in [-0.39, 0.29) is 11.9 Å². The number of piperazine rings is 1. The molecule has 1 aliphatic heterocycles. The lowest BCUT2D eigenvalue weighted by Gasteiger charge is -2.39. The maximum atomic E-state index is 12.7. The highest BCUT2D eigenvalue weighted by atomic mass is 16.5. The smallest absolute Gasteiger partial charge is 0.244 e. The first-order chi connectivity index (χ1) is 11.7. The first-order valence-electron chi connectivity index (χ1n) is 8.28. The Morgan fingerprint density at radius 3 is 2.62 bits per heavy atom. The van der Waals surface area contributed by atoms with E-state index in [9.17, 15) is 4.79 Å². The molecule has 0 spiro atoms. The van der Waals surface area contributed by atoms with Gasteiger partial charge < -0.3 is 9.64 Å². The van der Waals surface area contributed by atoms with Crippen LogP contribution in [0, 0.1) is 0 Å². The van der Waals surface area contributed by atoms with Gasteiger partial charge in [-0.15, -0.1) is 0 Å². The number of anilines is 1. The molecule has 1 aromatic carbocycles. The lowest BCUT2D eigenvalue weighted by Crippen LogP contribution is -2.56. The van der Waals surface area contributed by atoms with Gasteiger partial charge in [0.25, 0.3) is 0 Å². The van der Waals surface area contributed by atoms with Crippen LogP contribution in [0.5, 0.6) is 5.75 Å². The molecule has 0 saturated carbocycles. The molecule has 1 amide bonds. The Kier molecular flexibility index (Phi) is 5.11. The number of amides is 1. The van der Waals surface area contributed by atoms with E-state index < -0.39 is 0 Å². The molecular formula is C19H23N3O2. The number of methoxy groups -OCH3 is 1. The third kappa shape index (κ3) is 3.57. The van der Waals surface area contributed by atoms with E-state index >= 15 is 0 Å². The standard InChI is InChI=1S/C19H23N3O2/c1-15-19(23)22(17-6-8-18(24-2)9-7-17)14-13-21(15)12-10-16-5-3-4-11-20-16/h3-9,11,15H,10,12-14H2,1-2H3/t15-/m1/s1. The van der Waals surface area contributed by atoms with Crippen LogP contribution in [-0.2, 0) is 11.2 Å². The van der Waals surface area contributed by atoms with Gasteiger partial charge in [-0.2, -0.15) is 0 Å². The number of benzene rings is 1.